The summed E-state index contributed by atoms with van der Waals surface area (Å²) in [5.74, 6) is -0.298. The number of carbonyl (C=O) groups is 1. The largest absolute Gasteiger partial charge is 0.350 e. The van der Waals surface area contributed by atoms with Crippen molar-refractivity contribution in [2.24, 2.45) is 0 Å². The van der Waals surface area contributed by atoms with E-state index in [1.165, 1.54) is 16.4 Å². The quantitative estimate of drug-likeness (QED) is 0.829. The highest BCUT2D eigenvalue weighted by molar-refractivity contribution is 9.10. The van der Waals surface area contributed by atoms with Crippen molar-refractivity contribution in [1.29, 1.82) is 0 Å². The molecular weight excluding hydrogens is 356 g/mol. The zero-order chi connectivity index (χ0) is 16.2. The molecule has 0 aliphatic rings. The van der Waals surface area contributed by atoms with Gasteiger partial charge in [0.15, 0.2) is 0 Å². The topological polar surface area (TPSA) is 66.5 Å². The van der Waals surface area contributed by atoms with E-state index >= 15 is 0 Å². The Hall–Kier alpha value is -0.920. The molecule has 0 heterocycles. The maximum atomic E-state index is 12.5. The minimum Gasteiger partial charge on any atom is -0.350 e. The van der Waals surface area contributed by atoms with Gasteiger partial charge in [-0.1, -0.05) is 13.8 Å². The van der Waals surface area contributed by atoms with Crippen molar-refractivity contribution in [1.82, 2.24) is 9.62 Å². The Morgan fingerprint density at radius 2 is 1.86 bits per heavy atom. The van der Waals surface area contributed by atoms with E-state index in [1.807, 2.05) is 13.8 Å². The third-order valence-electron chi connectivity index (χ3n) is 2.95. The molecule has 0 atom stereocenters. The number of carbonyl (C=O) groups excluding carboxylic acids is 1. The summed E-state index contributed by atoms with van der Waals surface area (Å²) in [6.45, 7) is 8.05. The van der Waals surface area contributed by atoms with Crippen LogP contribution < -0.4 is 5.32 Å². The third-order valence-corrected chi connectivity index (χ3v) is 5.68. The molecule has 0 bridgehead atoms. The summed E-state index contributed by atoms with van der Waals surface area (Å²) < 4.78 is 26.9. The van der Waals surface area contributed by atoms with Crippen molar-refractivity contribution in [3.63, 3.8) is 0 Å². The SMILES string of the molecule is CCN(CC)S(=O)(=O)c1ccc(Br)c(C(=O)NC(C)C)c1. The normalized spacial score (nSPS) is 12.0. The van der Waals surface area contributed by atoms with Gasteiger partial charge in [0.05, 0.1) is 10.5 Å². The summed E-state index contributed by atoms with van der Waals surface area (Å²) in [5, 5.41) is 2.76. The average Bonchev–Trinajstić information content (AvgIpc) is 2.39. The van der Waals surface area contributed by atoms with Crippen molar-refractivity contribution < 1.29 is 13.2 Å². The van der Waals surface area contributed by atoms with Gasteiger partial charge in [0.25, 0.3) is 5.91 Å². The van der Waals surface area contributed by atoms with Gasteiger partial charge >= 0.3 is 0 Å². The lowest BCUT2D eigenvalue weighted by molar-refractivity contribution is 0.0942. The van der Waals surface area contributed by atoms with E-state index in [-0.39, 0.29) is 16.8 Å². The minimum atomic E-state index is -3.57. The van der Waals surface area contributed by atoms with Gasteiger partial charge in [-0.25, -0.2) is 8.42 Å². The summed E-state index contributed by atoms with van der Waals surface area (Å²) in [6, 6.07) is 4.48. The lowest BCUT2D eigenvalue weighted by atomic mass is 10.2. The van der Waals surface area contributed by atoms with Crippen molar-refractivity contribution in [2.45, 2.75) is 38.6 Å². The Morgan fingerprint density at radius 3 is 2.33 bits per heavy atom. The van der Waals surface area contributed by atoms with Gasteiger partial charge in [0.2, 0.25) is 10.0 Å². The fourth-order valence-corrected chi connectivity index (χ4v) is 3.80. The molecular formula is C14H21BrN2O3S. The molecule has 0 saturated heterocycles. The van der Waals surface area contributed by atoms with Gasteiger partial charge in [0.1, 0.15) is 0 Å². The first-order valence-corrected chi connectivity index (χ1v) is 9.07. The van der Waals surface area contributed by atoms with Crippen LogP contribution in [0.15, 0.2) is 27.6 Å². The van der Waals surface area contributed by atoms with Crippen LogP contribution >= 0.6 is 15.9 Å². The van der Waals surface area contributed by atoms with Crippen molar-refractivity contribution in [2.75, 3.05) is 13.1 Å². The number of hydrogen-bond donors (Lipinski definition) is 1. The van der Waals surface area contributed by atoms with Gasteiger partial charge in [-0.05, 0) is 48.0 Å². The number of nitrogens with zero attached hydrogens (tertiary/aromatic N) is 1. The Bertz CT molecular complexity index is 611. The van der Waals surface area contributed by atoms with Gasteiger partial charge in [0, 0.05) is 23.6 Å². The number of benzene rings is 1. The molecule has 0 fully saturated rings. The second-order valence-corrected chi connectivity index (χ2v) is 7.65. The predicted octanol–water partition coefficient (Wildman–Crippen LogP) is 2.62. The molecule has 5 nitrogen and oxygen atoms in total. The van der Waals surface area contributed by atoms with Crippen LogP contribution in [0.5, 0.6) is 0 Å². The molecule has 1 aromatic rings. The number of amides is 1. The van der Waals surface area contributed by atoms with E-state index in [1.54, 1.807) is 19.9 Å². The molecule has 0 unspecified atom stereocenters. The minimum absolute atomic E-state index is 0.0209. The van der Waals surface area contributed by atoms with Crippen molar-refractivity contribution in [3.8, 4) is 0 Å². The summed E-state index contributed by atoms with van der Waals surface area (Å²) >= 11 is 3.29. The molecule has 1 rings (SSSR count). The third kappa shape index (κ3) is 4.28. The van der Waals surface area contributed by atoms with Crippen LogP contribution in [0.2, 0.25) is 0 Å². The molecule has 7 heteroatoms. The number of hydrogen-bond acceptors (Lipinski definition) is 3. The zero-order valence-corrected chi connectivity index (χ0v) is 15.1. The van der Waals surface area contributed by atoms with E-state index in [9.17, 15) is 13.2 Å². The summed E-state index contributed by atoms with van der Waals surface area (Å²) in [6.07, 6.45) is 0. The molecule has 0 saturated carbocycles. The first-order chi connectivity index (χ1) is 9.73. The lowest BCUT2D eigenvalue weighted by Crippen LogP contribution is -2.32. The van der Waals surface area contributed by atoms with Crippen LogP contribution in [0, 0.1) is 0 Å². The number of rotatable bonds is 6. The van der Waals surface area contributed by atoms with Crippen LogP contribution in [0.25, 0.3) is 0 Å². The summed E-state index contributed by atoms with van der Waals surface area (Å²) in [7, 11) is -3.57. The Morgan fingerprint density at radius 1 is 1.29 bits per heavy atom. The maximum absolute atomic E-state index is 12.5. The van der Waals surface area contributed by atoms with Crippen LogP contribution in [0.4, 0.5) is 0 Å². The van der Waals surface area contributed by atoms with E-state index in [0.29, 0.717) is 23.1 Å². The molecule has 0 aromatic heterocycles. The average molecular weight is 377 g/mol. The van der Waals surface area contributed by atoms with Gasteiger partial charge < -0.3 is 5.32 Å². The monoisotopic (exact) mass is 376 g/mol. The number of halogens is 1. The highest BCUT2D eigenvalue weighted by Gasteiger charge is 2.23. The van der Waals surface area contributed by atoms with Gasteiger partial charge in [-0.3, -0.25) is 4.79 Å². The highest BCUT2D eigenvalue weighted by atomic mass is 79.9. The first kappa shape index (κ1) is 18.1. The van der Waals surface area contributed by atoms with Crippen LogP contribution in [0.1, 0.15) is 38.1 Å². The maximum Gasteiger partial charge on any atom is 0.252 e. The summed E-state index contributed by atoms with van der Waals surface area (Å²) in [5.41, 5.74) is 0.317. The van der Waals surface area contributed by atoms with E-state index < -0.39 is 10.0 Å². The summed E-state index contributed by atoms with van der Waals surface area (Å²) in [4.78, 5) is 12.2. The van der Waals surface area contributed by atoms with Crippen molar-refractivity contribution >= 4 is 31.9 Å². The first-order valence-electron chi connectivity index (χ1n) is 6.84. The molecule has 0 aliphatic heterocycles. The highest BCUT2D eigenvalue weighted by Crippen LogP contribution is 2.23. The fraction of sp³-hybridized carbons (Fsp3) is 0.500. The molecule has 1 aromatic carbocycles. The fourth-order valence-electron chi connectivity index (χ4n) is 1.89. The van der Waals surface area contributed by atoms with Crippen LogP contribution in [0.3, 0.4) is 0 Å². The smallest absolute Gasteiger partial charge is 0.252 e. The second kappa shape index (κ2) is 7.38. The van der Waals surface area contributed by atoms with E-state index in [4.69, 9.17) is 0 Å². The van der Waals surface area contributed by atoms with Gasteiger partial charge in [-0.15, -0.1) is 0 Å². The Labute approximate surface area is 134 Å². The number of sulfonamides is 1. The standard InChI is InChI=1S/C14H21BrN2O3S/c1-5-17(6-2)21(19,20)11-7-8-13(15)12(9-11)14(18)16-10(3)4/h7-10H,5-6H2,1-4H3,(H,16,18). The molecule has 1 amide bonds. The molecule has 118 valence electrons. The van der Waals surface area contributed by atoms with Crippen LogP contribution in [-0.2, 0) is 10.0 Å². The lowest BCUT2D eigenvalue weighted by Gasteiger charge is -2.19. The Kier molecular flexibility index (Phi) is 6.37. The molecule has 21 heavy (non-hydrogen) atoms. The number of nitrogens with one attached hydrogen (secondary N) is 1. The molecule has 1 N–H and O–H groups in total. The van der Waals surface area contributed by atoms with Crippen LogP contribution in [-0.4, -0.2) is 37.8 Å². The molecule has 0 radical (unpaired) electrons. The Balaban J connectivity index is 3.27. The van der Waals surface area contributed by atoms with E-state index in [2.05, 4.69) is 21.2 Å². The van der Waals surface area contributed by atoms with Crippen molar-refractivity contribution in [3.05, 3.63) is 28.2 Å². The molecule has 0 aliphatic carbocycles. The zero-order valence-electron chi connectivity index (χ0n) is 12.7. The molecule has 0 spiro atoms. The van der Waals surface area contributed by atoms with E-state index in [0.717, 1.165) is 0 Å². The second-order valence-electron chi connectivity index (χ2n) is 4.86. The van der Waals surface area contributed by atoms with Gasteiger partial charge in [-0.2, -0.15) is 4.31 Å². The predicted molar refractivity (Wildman–Crippen MR) is 86.9 cm³/mol.